The Bertz CT molecular complexity index is 1610. The van der Waals surface area contributed by atoms with Crippen molar-refractivity contribution in [2.24, 2.45) is 16.5 Å². The molecule has 0 aliphatic heterocycles. The smallest absolute Gasteiger partial charge is 0.354 e. The number of aliphatic hydroxyl groups is 1. The average Bonchev–Trinajstić information content (AvgIpc) is 3.38. The van der Waals surface area contributed by atoms with Gasteiger partial charge < -0.3 is 26.9 Å². The van der Waals surface area contributed by atoms with E-state index in [-0.39, 0.29) is 23.7 Å². The van der Waals surface area contributed by atoms with Crippen LogP contribution in [0.25, 0.3) is 28.0 Å². The van der Waals surface area contributed by atoms with Gasteiger partial charge >= 0.3 is 5.69 Å². The molecule has 0 radical (unpaired) electrons. The number of aryl methyl sites for hydroxylation is 1. The van der Waals surface area contributed by atoms with Crippen LogP contribution in [0.5, 0.6) is 0 Å². The van der Waals surface area contributed by atoms with Crippen LogP contribution < -0.4 is 22.5 Å². The maximum absolute atomic E-state index is 15.1. The van der Waals surface area contributed by atoms with Crippen LogP contribution in [0, 0.1) is 5.82 Å². The van der Waals surface area contributed by atoms with Crippen LogP contribution in [0.2, 0.25) is 5.02 Å². The Morgan fingerprint density at radius 3 is 2.71 bits per heavy atom. The summed E-state index contributed by atoms with van der Waals surface area (Å²) in [5.74, 6) is 0.00420. The molecule has 0 spiro atoms. The van der Waals surface area contributed by atoms with Crippen LogP contribution in [0.3, 0.4) is 0 Å². The number of amidine groups is 1. The Morgan fingerprint density at radius 2 is 2.02 bits per heavy atom. The Labute approximate surface area is 249 Å². The lowest BCUT2D eigenvalue weighted by Crippen LogP contribution is -2.27. The summed E-state index contributed by atoms with van der Waals surface area (Å²) in [7, 11) is 0. The number of aliphatic imine (C=N–C) groups is 1. The number of nitrogens with one attached hydrogen (secondary N) is 2. The fourth-order valence-electron chi connectivity index (χ4n) is 4.68. The number of fused-ring (bicyclic) bond motifs is 1. The standard InChI is InChI=1S/C31H37ClFN7O2/c1-3-24(11-12-36-19(2)34)37-16-20-7-9-25(10-8-20)40-17-22-15-28(38-30(22)39-31(40)42)26-13-21(14-27(32)29(26)33)5-4-6-23(35)18-41/h3,7-10,13-15,17,23-24,37,41H,1,4-6,11-12,16,18,35H2,2H3,(H2,34,36)(H,38,39,42)/t23-,24+/m1/s1. The first kappa shape index (κ1) is 31.1. The summed E-state index contributed by atoms with van der Waals surface area (Å²) in [4.78, 5) is 24.4. The van der Waals surface area contributed by atoms with Crippen LogP contribution >= 0.6 is 11.6 Å². The molecule has 2 aromatic heterocycles. The van der Waals surface area contributed by atoms with Crippen molar-refractivity contribution in [1.82, 2.24) is 19.9 Å². The van der Waals surface area contributed by atoms with Crippen molar-refractivity contribution >= 4 is 28.5 Å². The monoisotopic (exact) mass is 593 g/mol. The molecule has 4 rings (SSSR count). The number of nitrogens with two attached hydrogens (primary N) is 2. The van der Waals surface area contributed by atoms with E-state index in [0.29, 0.717) is 59.7 Å². The molecule has 2 atom stereocenters. The van der Waals surface area contributed by atoms with Gasteiger partial charge in [-0.3, -0.25) is 9.56 Å². The molecule has 0 amide bonds. The number of aromatic amines is 1. The van der Waals surface area contributed by atoms with Gasteiger partial charge in [0.05, 0.1) is 28.8 Å². The lowest BCUT2D eigenvalue weighted by molar-refractivity contribution is 0.258. The third-order valence-electron chi connectivity index (χ3n) is 7.03. The molecule has 222 valence electrons. The van der Waals surface area contributed by atoms with Crippen LogP contribution in [-0.4, -0.2) is 50.7 Å². The van der Waals surface area contributed by atoms with Gasteiger partial charge in [0.1, 0.15) is 5.65 Å². The highest BCUT2D eigenvalue weighted by Gasteiger charge is 2.16. The summed E-state index contributed by atoms with van der Waals surface area (Å²) >= 11 is 6.22. The van der Waals surface area contributed by atoms with E-state index < -0.39 is 11.5 Å². The maximum atomic E-state index is 15.1. The van der Waals surface area contributed by atoms with Gasteiger partial charge in [-0.2, -0.15) is 4.98 Å². The van der Waals surface area contributed by atoms with Gasteiger partial charge in [0.2, 0.25) is 0 Å². The quantitative estimate of drug-likeness (QED) is 0.0840. The Morgan fingerprint density at radius 1 is 1.26 bits per heavy atom. The second kappa shape index (κ2) is 14.4. The first-order valence-electron chi connectivity index (χ1n) is 13.9. The van der Waals surface area contributed by atoms with Crippen molar-refractivity contribution < 1.29 is 9.50 Å². The van der Waals surface area contributed by atoms with Crippen molar-refractivity contribution in [3.8, 4) is 16.9 Å². The van der Waals surface area contributed by atoms with Gasteiger partial charge in [-0.15, -0.1) is 6.58 Å². The fraction of sp³-hybridized carbons (Fsp3) is 0.323. The second-order valence-electron chi connectivity index (χ2n) is 10.4. The van der Waals surface area contributed by atoms with Crippen molar-refractivity contribution in [3.63, 3.8) is 0 Å². The summed E-state index contributed by atoms with van der Waals surface area (Å²) in [6.07, 6.45) is 6.32. The predicted octanol–water partition coefficient (Wildman–Crippen LogP) is 4.23. The summed E-state index contributed by atoms with van der Waals surface area (Å²) in [5, 5.41) is 13.2. The van der Waals surface area contributed by atoms with Crippen molar-refractivity contribution in [2.45, 2.75) is 51.2 Å². The summed E-state index contributed by atoms with van der Waals surface area (Å²) in [6, 6.07) is 12.5. The summed E-state index contributed by atoms with van der Waals surface area (Å²) < 4.78 is 16.5. The molecule has 0 fully saturated rings. The SMILES string of the molecule is C=C[C@@H](CCN=C(C)N)NCc1ccc(-n2cc3cc(-c4cc(CCC[C@@H](N)CO)cc(Cl)c4F)[nH]c3nc2=O)cc1. The maximum Gasteiger partial charge on any atom is 0.354 e. The molecule has 0 unspecified atom stereocenters. The number of aromatic nitrogens is 3. The Kier molecular flexibility index (Phi) is 10.6. The topological polar surface area (TPSA) is 147 Å². The molecule has 4 aromatic rings. The molecule has 0 aliphatic rings. The lowest BCUT2D eigenvalue weighted by atomic mass is 10.0. The molecule has 11 heteroatoms. The van der Waals surface area contributed by atoms with E-state index in [4.69, 9.17) is 28.2 Å². The van der Waals surface area contributed by atoms with E-state index in [2.05, 4.69) is 26.9 Å². The average molecular weight is 594 g/mol. The number of hydrogen-bond acceptors (Lipinski definition) is 6. The van der Waals surface area contributed by atoms with E-state index in [1.807, 2.05) is 30.3 Å². The minimum absolute atomic E-state index is 0.00769. The summed E-state index contributed by atoms with van der Waals surface area (Å²) in [6.45, 7) is 6.81. The minimum atomic E-state index is -0.556. The molecule has 0 saturated carbocycles. The van der Waals surface area contributed by atoms with E-state index in [9.17, 15) is 4.79 Å². The third-order valence-corrected chi connectivity index (χ3v) is 7.30. The van der Waals surface area contributed by atoms with Crippen LogP contribution in [0.4, 0.5) is 4.39 Å². The third kappa shape index (κ3) is 7.92. The zero-order valence-electron chi connectivity index (χ0n) is 23.6. The number of H-pyrrole nitrogens is 1. The van der Waals surface area contributed by atoms with Gasteiger partial charge in [-0.1, -0.05) is 29.8 Å². The zero-order valence-corrected chi connectivity index (χ0v) is 24.4. The number of benzene rings is 2. The lowest BCUT2D eigenvalue weighted by Gasteiger charge is -2.14. The Hall–Kier alpha value is -3.83. The summed E-state index contributed by atoms with van der Waals surface area (Å²) in [5.41, 5.74) is 14.6. The second-order valence-corrected chi connectivity index (χ2v) is 10.8. The molecule has 0 saturated heterocycles. The van der Waals surface area contributed by atoms with Crippen molar-refractivity contribution in [3.05, 3.63) is 93.8 Å². The number of hydrogen-bond donors (Lipinski definition) is 5. The molecule has 2 aromatic carbocycles. The number of rotatable bonds is 14. The predicted molar refractivity (Wildman–Crippen MR) is 168 cm³/mol. The van der Waals surface area contributed by atoms with Gasteiger partial charge in [-0.25, -0.2) is 9.18 Å². The van der Waals surface area contributed by atoms with Crippen LogP contribution in [0.15, 0.2) is 71.1 Å². The highest BCUT2D eigenvalue weighted by Crippen LogP contribution is 2.31. The first-order valence-corrected chi connectivity index (χ1v) is 14.2. The normalized spacial score (nSPS) is 13.4. The Balaban J connectivity index is 1.51. The largest absolute Gasteiger partial charge is 0.395 e. The van der Waals surface area contributed by atoms with Crippen LogP contribution in [0.1, 0.15) is 37.3 Å². The number of halogens is 2. The van der Waals surface area contributed by atoms with Gasteiger partial charge in [0.25, 0.3) is 0 Å². The minimum Gasteiger partial charge on any atom is -0.395 e. The zero-order chi connectivity index (χ0) is 30.2. The van der Waals surface area contributed by atoms with E-state index in [0.717, 1.165) is 24.0 Å². The van der Waals surface area contributed by atoms with Gasteiger partial charge in [-0.05, 0) is 74.1 Å². The van der Waals surface area contributed by atoms with E-state index in [1.165, 1.54) is 4.57 Å². The van der Waals surface area contributed by atoms with Crippen molar-refractivity contribution in [1.29, 1.82) is 0 Å². The van der Waals surface area contributed by atoms with Gasteiger partial charge in [0.15, 0.2) is 5.82 Å². The van der Waals surface area contributed by atoms with E-state index in [1.54, 1.807) is 31.3 Å². The molecule has 7 N–H and O–H groups in total. The molecule has 0 bridgehead atoms. The highest BCUT2D eigenvalue weighted by atomic mass is 35.5. The van der Waals surface area contributed by atoms with Crippen molar-refractivity contribution in [2.75, 3.05) is 13.2 Å². The fourth-order valence-corrected chi connectivity index (χ4v) is 4.92. The van der Waals surface area contributed by atoms with Gasteiger partial charge in [0, 0.05) is 42.3 Å². The highest BCUT2D eigenvalue weighted by molar-refractivity contribution is 6.31. The number of aliphatic hydroxyl groups excluding tert-OH is 1. The van der Waals surface area contributed by atoms with Crippen LogP contribution in [-0.2, 0) is 13.0 Å². The molecule has 0 aliphatic carbocycles. The first-order chi connectivity index (χ1) is 20.2. The molecular formula is C31H37ClFN7O2. The molecule has 42 heavy (non-hydrogen) atoms. The molecular weight excluding hydrogens is 557 g/mol. The number of nitrogens with zero attached hydrogens (tertiary/aromatic N) is 3. The van der Waals surface area contributed by atoms with E-state index >= 15 is 4.39 Å². The molecule has 2 heterocycles. The molecule has 9 nitrogen and oxygen atoms in total.